The highest BCUT2D eigenvalue weighted by Gasteiger charge is 2.52. The topological polar surface area (TPSA) is 71.5 Å². The van der Waals surface area contributed by atoms with E-state index in [1.54, 1.807) is 0 Å². The van der Waals surface area contributed by atoms with Gasteiger partial charge in [-0.3, -0.25) is 0 Å². The third-order valence-corrected chi connectivity index (χ3v) is 17.1. The zero-order chi connectivity index (χ0) is 36.9. The van der Waals surface area contributed by atoms with Gasteiger partial charge < -0.3 is 18.6 Å². The first-order valence-corrected chi connectivity index (χ1v) is 21.6. The van der Waals surface area contributed by atoms with Crippen LogP contribution in [-0.2, 0) is 17.5 Å². The molecule has 1 aromatic heterocycles. The standard InChI is InChI=1S/C46H55N3O3Si/c1-35-43(50-32-38-19-17-37(31-47)18-20-38)24-22-41-42(48-52-44(35)41)23-21-36-25-29-49(30-26-36)33-46(27-11-12-28-46)34-51-53(45(2,3)4,39-13-7-5-8-14-39)40-15-9-6-10-16-40/h5-10,13-20,22,24,36H,11-12,21,23,25-30,32-34H2,1-4H3. The van der Waals surface area contributed by atoms with E-state index in [4.69, 9.17) is 18.9 Å². The average Bonchev–Trinajstić information content (AvgIpc) is 3.83. The number of hydrogen-bond donors (Lipinski definition) is 0. The van der Waals surface area contributed by atoms with E-state index in [1.807, 2.05) is 37.3 Å². The second kappa shape index (κ2) is 16.0. The number of likely N-dealkylation sites (tertiary alicyclic amines) is 1. The van der Waals surface area contributed by atoms with Gasteiger partial charge in [-0.2, -0.15) is 5.26 Å². The Morgan fingerprint density at radius 1 is 0.887 bits per heavy atom. The fourth-order valence-electron chi connectivity index (χ4n) is 9.09. The van der Waals surface area contributed by atoms with Crippen molar-refractivity contribution in [2.24, 2.45) is 11.3 Å². The molecule has 7 rings (SSSR count). The quantitative estimate of drug-likeness (QED) is 0.113. The van der Waals surface area contributed by atoms with E-state index in [2.05, 4.69) is 104 Å². The van der Waals surface area contributed by atoms with E-state index in [-0.39, 0.29) is 10.5 Å². The zero-order valence-electron chi connectivity index (χ0n) is 32.1. The number of aromatic nitrogens is 1. The van der Waals surface area contributed by atoms with Gasteiger partial charge in [0.1, 0.15) is 12.4 Å². The van der Waals surface area contributed by atoms with Crippen LogP contribution in [0, 0.1) is 29.6 Å². The molecule has 276 valence electrons. The number of fused-ring (bicyclic) bond motifs is 1. The Morgan fingerprint density at radius 2 is 1.53 bits per heavy atom. The minimum absolute atomic E-state index is 0.00900. The summed E-state index contributed by atoms with van der Waals surface area (Å²) in [6, 6.07) is 36.0. The van der Waals surface area contributed by atoms with Crippen LogP contribution in [0.5, 0.6) is 5.75 Å². The van der Waals surface area contributed by atoms with Crippen molar-refractivity contribution in [2.45, 2.75) is 90.7 Å². The van der Waals surface area contributed by atoms with E-state index in [0.29, 0.717) is 18.1 Å². The summed E-state index contributed by atoms with van der Waals surface area (Å²) in [5.74, 6) is 1.50. The lowest BCUT2D eigenvalue weighted by Crippen LogP contribution is -2.67. The molecular formula is C46H55N3O3Si. The van der Waals surface area contributed by atoms with Crippen LogP contribution in [0.1, 0.15) is 88.1 Å². The average molecular weight is 726 g/mol. The molecule has 2 fully saturated rings. The minimum atomic E-state index is -2.57. The van der Waals surface area contributed by atoms with Crippen molar-refractivity contribution >= 4 is 29.7 Å². The first kappa shape index (κ1) is 37.1. The fraction of sp³-hybridized carbons (Fsp3) is 0.435. The smallest absolute Gasteiger partial charge is 0.261 e. The molecule has 0 bridgehead atoms. The fourth-order valence-corrected chi connectivity index (χ4v) is 13.8. The lowest BCUT2D eigenvalue weighted by Gasteiger charge is -2.46. The van der Waals surface area contributed by atoms with Gasteiger partial charge in [0, 0.05) is 29.5 Å². The molecular weight excluding hydrogens is 671 g/mol. The van der Waals surface area contributed by atoms with Crippen LogP contribution in [0.25, 0.3) is 11.0 Å². The summed E-state index contributed by atoms with van der Waals surface area (Å²) in [6.45, 7) is 13.9. The number of hydrogen-bond acceptors (Lipinski definition) is 6. The van der Waals surface area contributed by atoms with Gasteiger partial charge in [-0.1, -0.05) is 112 Å². The Morgan fingerprint density at radius 3 is 2.13 bits per heavy atom. The second-order valence-corrected chi connectivity index (χ2v) is 21.0. The molecule has 1 aliphatic carbocycles. The molecule has 1 aliphatic heterocycles. The number of rotatable bonds is 13. The van der Waals surface area contributed by atoms with Crippen molar-refractivity contribution in [1.82, 2.24) is 10.1 Å². The molecule has 0 N–H and O–H groups in total. The van der Waals surface area contributed by atoms with Crippen LogP contribution in [0.3, 0.4) is 0 Å². The number of aryl methyl sites for hydroxylation is 2. The monoisotopic (exact) mass is 725 g/mol. The third-order valence-electron chi connectivity index (χ3n) is 12.1. The van der Waals surface area contributed by atoms with Gasteiger partial charge in [0.05, 0.1) is 17.3 Å². The van der Waals surface area contributed by atoms with Gasteiger partial charge in [-0.15, -0.1) is 0 Å². The van der Waals surface area contributed by atoms with Gasteiger partial charge in [-0.25, -0.2) is 0 Å². The maximum Gasteiger partial charge on any atom is 0.261 e. The number of ether oxygens (including phenoxy) is 1. The van der Waals surface area contributed by atoms with E-state index in [1.165, 1.54) is 48.9 Å². The lowest BCUT2D eigenvalue weighted by molar-refractivity contribution is 0.0657. The maximum absolute atomic E-state index is 9.06. The van der Waals surface area contributed by atoms with E-state index in [9.17, 15) is 0 Å². The summed E-state index contributed by atoms with van der Waals surface area (Å²) in [5, 5.41) is 17.4. The molecule has 0 spiro atoms. The first-order valence-electron chi connectivity index (χ1n) is 19.7. The van der Waals surface area contributed by atoms with E-state index >= 15 is 0 Å². The van der Waals surface area contributed by atoms with Crippen LogP contribution in [0.4, 0.5) is 0 Å². The molecule has 0 amide bonds. The normalized spacial score (nSPS) is 16.9. The Kier molecular flexibility index (Phi) is 11.2. The van der Waals surface area contributed by atoms with Gasteiger partial charge >= 0.3 is 0 Å². The summed E-state index contributed by atoms with van der Waals surface area (Å²) < 4.78 is 19.6. The Bertz CT molecular complexity index is 1940. The Hall–Kier alpha value is -4.22. The van der Waals surface area contributed by atoms with Crippen LogP contribution in [0.15, 0.2) is 102 Å². The molecule has 53 heavy (non-hydrogen) atoms. The van der Waals surface area contributed by atoms with Crippen LogP contribution in [-0.4, -0.2) is 44.6 Å². The molecule has 1 saturated carbocycles. The second-order valence-electron chi connectivity index (χ2n) is 16.7. The predicted molar refractivity (Wildman–Crippen MR) is 216 cm³/mol. The predicted octanol–water partition coefficient (Wildman–Crippen LogP) is 9.37. The lowest BCUT2D eigenvalue weighted by atomic mass is 9.84. The van der Waals surface area contributed by atoms with Gasteiger partial charge in [0.25, 0.3) is 8.32 Å². The maximum atomic E-state index is 9.06. The van der Waals surface area contributed by atoms with Crippen LogP contribution < -0.4 is 15.1 Å². The number of piperidine rings is 1. The number of nitrogens with zero attached hydrogens (tertiary/aromatic N) is 3. The Balaban J connectivity index is 0.960. The highest BCUT2D eigenvalue weighted by molar-refractivity contribution is 6.99. The van der Waals surface area contributed by atoms with Crippen molar-refractivity contribution in [3.63, 3.8) is 0 Å². The molecule has 4 aromatic carbocycles. The van der Waals surface area contributed by atoms with Crippen molar-refractivity contribution in [2.75, 3.05) is 26.2 Å². The van der Waals surface area contributed by atoms with Crippen LogP contribution >= 0.6 is 0 Å². The van der Waals surface area contributed by atoms with Gasteiger partial charge in [0.2, 0.25) is 0 Å². The van der Waals surface area contributed by atoms with Gasteiger partial charge in [0.15, 0.2) is 5.58 Å². The number of nitriles is 1. The summed E-state index contributed by atoms with van der Waals surface area (Å²) in [6.07, 6.45) is 9.64. The zero-order valence-corrected chi connectivity index (χ0v) is 33.1. The van der Waals surface area contributed by atoms with Crippen molar-refractivity contribution in [3.8, 4) is 11.8 Å². The van der Waals surface area contributed by atoms with Crippen LogP contribution in [0.2, 0.25) is 5.04 Å². The first-order chi connectivity index (χ1) is 25.7. The molecule has 7 heteroatoms. The largest absolute Gasteiger partial charge is 0.488 e. The summed E-state index contributed by atoms with van der Waals surface area (Å²) >= 11 is 0. The summed E-state index contributed by atoms with van der Waals surface area (Å²) in [7, 11) is -2.57. The van der Waals surface area contributed by atoms with Crippen molar-refractivity contribution < 1.29 is 13.7 Å². The molecule has 2 aliphatic rings. The molecule has 2 heterocycles. The van der Waals surface area contributed by atoms with Crippen molar-refractivity contribution in [1.29, 1.82) is 5.26 Å². The molecule has 5 aromatic rings. The summed E-state index contributed by atoms with van der Waals surface area (Å²) in [4.78, 5) is 2.75. The SMILES string of the molecule is Cc1c(OCc2ccc(C#N)cc2)ccc2c(CCC3CCN(CC4(CO[Si](c5ccccc5)(c5ccccc5)C(C)(C)C)CCCC4)CC3)noc12. The molecule has 0 atom stereocenters. The molecule has 0 unspecified atom stereocenters. The number of benzene rings is 4. The third kappa shape index (κ3) is 8.01. The minimum Gasteiger partial charge on any atom is -0.488 e. The highest BCUT2D eigenvalue weighted by atomic mass is 28.4. The molecule has 6 nitrogen and oxygen atoms in total. The molecule has 1 saturated heterocycles. The van der Waals surface area contributed by atoms with Gasteiger partial charge in [-0.05, 0) is 110 Å². The van der Waals surface area contributed by atoms with E-state index in [0.717, 1.165) is 72.6 Å². The van der Waals surface area contributed by atoms with E-state index < -0.39 is 8.32 Å². The van der Waals surface area contributed by atoms with Crippen molar-refractivity contribution in [3.05, 3.63) is 119 Å². The highest BCUT2D eigenvalue weighted by Crippen LogP contribution is 2.44. The molecule has 0 radical (unpaired) electrons. The Labute approximate surface area is 317 Å². The summed E-state index contributed by atoms with van der Waals surface area (Å²) in [5.41, 5.74) is 4.72.